The summed E-state index contributed by atoms with van der Waals surface area (Å²) in [7, 11) is 0. The summed E-state index contributed by atoms with van der Waals surface area (Å²) in [6.07, 6.45) is 0. The molecule has 0 aliphatic rings. The number of ether oxygens (including phenoxy) is 1. The van der Waals surface area contributed by atoms with Gasteiger partial charge in [0.05, 0.1) is 19.2 Å². The van der Waals surface area contributed by atoms with Gasteiger partial charge in [-0.25, -0.2) is 0 Å². The molecule has 1 atom stereocenters. The largest absolute Gasteiger partial charge is 0.490 e. The topological polar surface area (TPSA) is 80.6 Å². The van der Waals surface area contributed by atoms with E-state index in [9.17, 15) is 9.59 Å². The molecule has 6 heteroatoms. The highest BCUT2D eigenvalue weighted by molar-refractivity contribution is 5.96. The number of amides is 2. The van der Waals surface area contributed by atoms with Crippen molar-refractivity contribution in [3.63, 3.8) is 0 Å². The summed E-state index contributed by atoms with van der Waals surface area (Å²) in [5.74, 6) is 0.738. The van der Waals surface area contributed by atoms with Crippen LogP contribution in [-0.4, -0.2) is 25.0 Å². The Morgan fingerprint density at radius 2 is 1.83 bits per heavy atom. The van der Waals surface area contributed by atoms with Gasteiger partial charge in [-0.15, -0.1) is 0 Å². The van der Waals surface area contributed by atoms with Crippen molar-refractivity contribution in [3.05, 3.63) is 64.9 Å². The molecule has 0 saturated carbocycles. The molecule has 0 aliphatic heterocycles. The van der Waals surface area contributed by atoms with Gasteiger partial charge in [-0.1, -0.05) is 29.3 Å². The third-order valence-electron chi connectivity index (χ3n) is 4.52. The van der Waals surface area contributed by atoms with E-state index in [0.29, 0.717) is 29.3 Å². The second kappa shape index (κ2) is 8.82. The zero-order valence-electron chi connectivity index (χ0n) is 17.2. The van der Waals surface area contributed by atoms with E-state index in [-0.39, 0.29) is 24.4 Å². The molecule has 3 aromatic rings. The zero-order valence-corrected chi connectivity index (χ0v) is 17.2. The first-order chi connectivity index (χ1) is 13.9. The van der Waals surface area contributed by atoms with E-state index in [1.54, 1.807) is 12.1 Å². The highest BCUT2D eigenvalue weighted by Crippen LogP contribution is 2.31. The highest BCUT2D eigenvalue weighted by atomic mass is 16.5. The number of fused-ring (bicyclic) bond motifs is 1. The van der Waals surface area contributed by atoms with E-state index in [4.69, 9.17) is 9.15 Å². The number of rotatable bonds is 7. The van der Waals surface area contributed by atoms with Crippen molar-refractivity contribution in [1.29, 1.82) is 0 Å². The highest BCUT2D eigenvalue weighted by Gasteiger charge is 2.17. The van der Waals surface area contributed by atoms with Crippen molar-refractivity contribution in [3.8, 4) is 5.75 Å². The van der Waals surface area contributed by atoms with Crippen molar-refractivity contribution in [1.82, 2.24) is 10.6 Å². The molecule has 0 spiro atoms. The number of hydrogen-bond acceptors (Lipinski definition) is 4. The fraction of sp³-hybridized carbons (Fsp3) is 0.304. The summed E-state index contributed by atoms with van der Waals surface area (Å²) in [6, 6.07) is 12.8. The first-order valence-electron chi connectivity index (χ1n) is 9.68. The van der Waals surface area contributed by atoms with Crippen LogP contribution in [-0.2, 0) is 4.79 Å². The van der Waals surface area contributed by atoms with Crippen LogP contribution < -0.4 is 15.4 Å². The van der Waals surface area contributed by atoms with E-state index in [2.05, 4.69) is 10.6 Å². The molecule has 6 nitrogen and oxygen atoms in total. The molecule has 2 amide bonds. The van der Waals surface area contributed by atoms with E-state index < -0.39 is 0 Å². The van der Waals surface area contributed by atoms with Crippen LogP contribution in [0, 0.1) is 13.8 Å². The summed E-state index contributed by atoms with van der Waals surface area (Å²) in [5, 5.41) is 6.42. The molecule has 2 N–H and O–H groups in total. The number of furan rings is 1. The molecule has 1 aromatic heterocycles. The van der Waals surface area contributed by atoms with E-state index in [1.165, 1.54) is 0 Å². The van der Waals surface area contributed by atoms with Crippen molar-refractivity contribution in [2.24, 2.45) is 0 Å². The maximum atomic E-state index is 12.3. The quantitative estimate of drug-likeness (QED) is 0.633. The summed E-state index contributed by atoms with van der Waals surface area (Å²) in [4.78, 5) is 24.6. The first-order valence-corrected chi connectivity index (χ1v) is 9.68. The van der Waals surface area contributed by atoms with Crippen LogP contribution in [0.15, 0.2) is 46.9 Å². The smallest absolute Gasteiger partial charge is 0.251 e. The predicted octanol–water partition coefficient (Wildman–Crippen LogP) is 4.06. The van der Waals surface area contributed by atoms with Crippen LogP contribution in [0.2, 0.25) is 0 Å². The predicted molar refractivity (Wildman–Crippen MR) is 112 cm³/mol. The Kier molecular flexibility index (Phi) is 6.22. The monoisotopic (exact) mass is 394 g/mol. The maximum Gasteiger partial charge on any atom is 0.251 e. The third kappa shape index (κ3) is 4.96. The minimum absolute atomic E-state index is 0.111. The normalized spacial score (nSPS) is 11.9. The molecular formula is C23H26N2O4. The molecule has 3 rings (SSSR count). The van der Waals surface area contributed by atoms with Crippen LogP contribution in [0.5, 0.6) is 5.75 Å². The molecule has 1 heterocycles. The van der Waals surface area contributed by atoms with Gasteiger partial charge in [0.2, 0.25) is 5.91 Å². The standard InChI is InChI=1S/C23H26N2O4/c1-5-28-19-8-6-7-17-12-20(29-22(17)19)16(4)25-21(26)13-24-23(27)18-10-14(2)9-15(3)11-18/h6-12,16H,5,13H2,1-4H3,(H,24,27)(H,25,26). The number of hydrogen-bond donors (Lipinski definition) is 2. The van der Waals surface area contributed by atoms with Gasteiger partial charge >= 0.3 is 0 Å². The van der Waals surface area contributed by atoms with Gasteiger partial charge in [0, 0.05) is 10.9 Å². The number of carbonyl (C=O) groups is 2. The zero-order chi connectivity index (χ0) is 21.0. The number of nitrogens with one attached hydrogen (secondary N) is 2. The average Bonchev–Trinajstić information content (AvgIpc) is 3.11. The Bertz CT molecular complexity index is 1020. The van der Waals surface area contributed by atoms with Crippen LogP contribution in [0.25, 0.3) is 11.0 Å². The lowest BCUT2D eigenvalue weighted by Gasteiger charge is -2.12. The lowest BCUT2D eigenvalue weighted by Crippen LogP contribution is -2.38. The van der Waals surface area contributed by atoms with Gasteiger partial charge in [-0.2, -0.15) is 0 Å². The van der Waals surface area contributed by atoms with Gasteiger partial charge in [-0.3, -0.25) is 9.59 Å². The molecule has 0 fully saturated rings. The Hall–Kier alpha value is -3.28. The van der Waals surface area contributed by atoms with Crippen LogP contribution in [0.3, 0.4) is 0 Å². The van der Waals surface area contributed by atoms with E-state index in [0.717, 1.165) is 16.5 Å². The average molecular weight is 394 g/mol. The summed E-state index contributed by atoms with van der Waals surface area (Å²) in [5.41, 5.74) is 3.21. The minimum Gasteiger partial charge on any atom is -0.490 e. The second-order valence-corrected chi connectivity index (χ2v) is 7.10. The van der Waals surface area contributed by atoms with Gasteiger partial charge in [0.25, 0.3) is 5.91 Å². The van der Waals surface area contributed by atoms with Gasteiger partial charge in [-0.05, 0) is 52.0 Å². The fourth-order valence-corrected chi connectivity index (χ4v) is 3.27. The number of benzene rings is 2. The van der Waals surface area contributed by atoms with Crippen molar-refractivity contribution < 1.29 is 18.7 Å². The Morgan fingerprint density at radius 1 is 1.10 bits per heavy atom. The van der Waals surface area contributed by atoms with Gasteiger partial charge < -0.3 is 19.8 Å². The SMILES string of the molecule is CCOc1cccc2cc(C(C)NC(=O)CNC(=O)c3cc(C)cc(C)c3)oc12. The van der Waals surface area contributed by atoms with Crippen LogP contribution >= 0.6 is 0 Å². The number of carbonyl (C=O) groups excluding carboxylic acids is 2. The van der Waals surface area contributed by atoms with Gasteiger partial charge in [0.15, 0.2) is 11.3 Å². The molecule has 0 aliphatic carbocycles. The third-order valence-corrected chi connectivity index (χ3v) is 4.52. The molecule has 0 bridgehead atoms. The molecular weight excluding hydrogens is 368 g/mol. The lowest BCUT2D eigenvalue weighted by atomic mass is 10.1. The molecule has 1 unspecified atom stereocenters. The van der Waals surface area contributed by atoms with E-state index in [1.807, 2.05) is 58.0 Å². The number of para-hydroxylation sites is 1. The van der Waals surface area contributed by atoms with Crippen molar-refractivity contribution in [2.45, 2.75) is 33.7 Å². The van der Waals surface area contributed by atoms with Crippen molar-refractivity contribution in [2.75, 3.05) is 13.2 Å². The minimum atomic E-state index is -0.345. The van der Waals surface area contributed by atoms with Gasteiger partial charge in [0.1, 0.15) is 5.76 Å². The Balaban J connectivity index is 1.61. The maximum absolute atomic E-state index is 12.3. The molecule has 0 radical (unpaired) electrons. The fourth-order valence-electron chi connectivity index (χ4n) is 3.27. The molecule has 2 aromatic carbocycles. The van der Waals surface area contributed by atoms with Crippen molar-refractivity contribution >= 4 is 22.8 Å². The Morgan fingerprint density at radius 3 is 2.52 bits per heavy atom. The number of aryl methyl sites for hydroxylation is 2. The first kappa shape index (κ1) is 20.5. The van der Waals surface area contributed by atoms with Crippen LogP contribution in [0.4, 0.5) is 0 Å². The molecule has 0 saturated heterocycles. The molecule has 29 heavy (non-hydrogen) atoms. The van der Waals surface area contributed by atoms with E-state index >= 15 is 0 Å². The summed E-state index contributed by atoms with van der Waals surface area (Å²) < 4.78 is 11.5. The molecule has 152 valence electrons. The summed E-state index contributed by atoms with van der Waals surface area (Å²) >= 11 is 0. The Labute approximate surface area is 170 Å². The van der Waals surface area contributed by atoms with Crippen LogP contribution in [0.1, 0.15) is 47.1 Å². The summed E-state index contributed by atoms with van der Waals surface area (Å²) in [6.45, 7) is 8.05. The lowest BCUT2D eigenvalue weighted by molar-refractivity contribution is -0.120. The second-order valence-electron chi connectivity index (χ2n) is 7.10.